The van der Waals surface area contributed by atoms with Crippen LogP contribution < -0.4 is 4.90 Å². The molecule has 3 aromatic heterocycles. The van der Waals surface area contributed by atoms with E-state index in [0.29, 0.717) is 43.3 Å². The molecule has 6 fully saturated rings. The van der Waals surface area contributed by atoms with Crippen LogP contribution in [0.4, 0.5) is 10.2 Å². The highest BCUT2D eigenvalue weighted by Gasteiger charge is 2.73. The van der Waals surface area contributed by atoms with Gasteiger partial charge in [0.1, 0.15) is 11.5 Å². The molecule has 210 valence electrons. The first-order chi connectivity index (χ1) is 18.9. The fraction of sp³-hybridized carbons (Fsp3) is 0.613. The quantitative estimate of drug-likeness (QED) is 0.373. The van der Waals surface area contributed by atoms with Gasteiger partial charge in [-0.15, -0.1) is 0 Å². The molecule has 4 bridgehead atoms. The second-order valence-corrected chi connectivity index (χ2v) is 14.3. The van der Waals surface area contributed by atoms with Crippen molar-refractivity contribution in [2.45, 2.75) is 102 Å². The van der Waals surface area contributed by atoms with E-state index >= 15 is 0 Å². The van der Waals surface area contributed by atoms with Crippen LogP contribution >= 0.6 is 0 Å². The van der Waals surface area contributed by atoms with E-state index in [2.05, 4.69) is 40.9 Å². The number of fused-ring (bicyclic) bond motifs is 3. The molecule has 0 aliphatic heterocycles. The zero-order chi connectivity index (χ0) is 28.0. The highest BCUT2D eigenvalue weighted by molar-refractivity contribution is 6.00. The lowest BCUT2D eigenvalue weighted by molar-refractivity contribution is -0.211. The summed E-state index contributed by atoms with van der Waals surface area (Å²) in [6.45, 7) is 8.81. The first kappa shape index (κ1) is 25.7. The number of rotatable bonds is 6. The number of aryl methyl sites for hydroxylation is 1. The minimum atomic E-state index is -1.14. The van der Waals surface area contributed by atoms with E-state index in [1.165, 1.54) is 0 Å². The Bertz CT molecular complexity index is 1430. The molecule has 0 spiro atoms. The summed E-state index contributed by atoms with van der Waals surface area (Å²) < 4.78 is 20.2. The standard InChI is InChI=1S/C31H37FN6O2/c1-20-14-34-23(35-15-20)21-5-12-33-22(13-21)38(26(39)30-16-31(32,17-30)18-30)19-28-6-9-29(10-7-28,11-8-28)24-36-25(40-37-24)27(2,3)4/h5,12-15H,6-11,16-19H2,1-4H3. The molecule has 6 aliphatic rings. The zero-order valence-corrected chi connectivity index (χ0v) is 23.8. The molecule has 9 heteroatoms. The Morgan fingerprint density at radius 1 is 1.02 bits per heavy atom. The Morgan fingerprint density at radius 3 is 2.25 bits per heavy atom. The number of anilines is 1. The summed E-state index contributed by atoms with van der Waals surface area (Å²) >= 11 is 0. The van der Waals surface area contributed by atoms with Gasteiger partial charge in [-0.2, -0.15) is 4.98 Å². The third-order valence-corrected chi connectivity index (χ3v) is 10.2. The molecule has 8 nitrogen and oxygen atoms in total. The predicted octanol–water partition coefficient (Wildman–Crippen LogP) is 6.04. The van der Waals surface area contributed by atoms with Crippen LogP contribution in [0.5, 0.6) is 0 Å². The van der Waals surface area contributed by atoms with Gasteiger partial charge in [-0.25, -0.2) is 19.3 Å². The first-order valence-electron chi connectivity index (χ1n) is 14.5. The summed E-state index contributed by atoms with van der Waals surface area (Å²) in [6.07, 6.45) is 12.2. The average molecular weight is 545 g/mol. The van der Waals surface area contributed by atoms with E-state index in [0.717, 1.165) is 55.5 Å². The highest BCUT2D eigenvalue weighted by Crippen LogP contribution is 2.70. The maximum Gasteiger partial charge on any atom is 0.234 e. The lowest BCUT2D eigenvalue weighted by atomic mass is 9.41. The van der Waals surface area contributed by atoms with E-state index in [4.69, 9.17) is 9.51 Å². The van der Waals surface area contributed by atoms with Crippen LogP contribution in [0, 0.1) is 17.8 Å². The summed E-state index contributed by atoms with van der Waals surface area (Å²) in [7, 11) is 0. The number of hydrogen-bond donors (Lipinski definition) is 0. The molecule has 0 unspecified atom stereocenters. The zero-order valence-electron chi connectivity index (χ0n) is 23.8. The molecule has 0 N–H and O–H groups in total. The molecule has 9 rings (SSSR count). The van der Waals surface area contributed by atoms with E-state index in [1.54, 1.807) is 18.6 Å². The molecular formula is C31H37FN6O2. The number of amides is 1. The van der Waals surface area contributed by atoms with Crippen molar-refractivity contribution >= 4 is 11.7 Å². The number of hydrogen-bond acceptors (Lipinski definition) is 7. The van der Waals surface area contributed by atoms with Gasteiger partial charge < -0.3 is 4.52 Å². The molecule has 0 radical (unpaired) electrons. The largest absolute Gasteiger partial charge is 0.339 e. The summed E-state index contributed by atoms with van der Waals surface area (Å²) in [4.78, 5) is 34.4. The van der Waals surface area contributed by atoms with Crippen molar-refractivity contribution in [1.29, 1.82) is 0 Å². The van der Waals surface area contributed by atoms with Crippen LogP contribution in [0.1, 0.15) is 95.8 Å². The average Bonchev–Trinajstić information content (AvgIpc) is 3.43. The molecule has 6 saturated carbocycles. The monoisotopic (exact) mass is 544 g/mol. The Morgan fingerprint density at radius 2 is 1.68 bits per heavy atom. The van der Waals surface area contributed by atoms with Gasteiger partial charge in [0.15, 0.2) is 11.6 Å². The van der Waals surface area contributed by atoms with Crippen LogP contribution in [-0.2, 0) is 15.6 Å². The van der Waals surface area contributed by atoms with E-state index in [1.807, 2.05) is 24.0 Å². The number of aromatic nitrogens is 5. The SMILES string of the molecule is Cc1cnc(-c2ccnc(N(CC34CCC(c5noc(C(C)(C)C)n5)(CC3)CC4)C(=O)C34CC(F)(C3)C4)c2)nc1. The van der Waals surface area contributed by atoms with Crippen molar-refractivity contribution in [3.8, 4) is 11.4 Å². The van der Waals surface area contributed by atoms with Crippen LogP contribution in [0.15, 0.2) is 35.2 Å². The topological polar surface area (TPSA) is 97.9 Å². The number of nitrogens with zero attached hydrogens (tertiary/aromatic N) is 6. The third-order valence-electron chi connectivity index (χ3n) is 10.2. The van der Waals surface area contributed by atoms with Crippen LogP contribution in [-0.4, -0.2) is 43.2 Å². The molecule has 3 heterocycles. The maximum atomic E-state index is 14.5. The molecule has 6 aliphatic carbocycles. The summed E-state index contributed by atoms with van der Waals surface area (Å²) in [5, 5.41) is 4.43. The fourth-order valence-electron chi connectivity index (χ4n) is 7.60. The van der Waals surface area contributed by atoms with Crippen molar-refractivity contribution in [2.75, 3.05) is 11.4 Å². The van der Waals surface area contributed by atoms with Gasteiger partial charge >= 0.3 is 0 Å². The number of pyridine rings is 1. The number of alkyl halides is 1. The number of carbonyl (C=O) groups excluding carboxylic acids is 1. The Hall–Kier alpha value is -3.23. The molecule has 3 aromatic rings. The van der Waals surface area contributed by atoms with Gasteiger partial charge in [-0.3, -0.25) is 9.69 Å². The Labute approximate surface area is 234 Å². The summed E-state index contributed by atoms with van der Waals surface area (Å²) in [5.74, 6) is 2.75. The Kier molecular flexibility index (Phi) is 5.40. The van der Waals surface area contributed by atoms with Crippen molar-refractivity contribution in [1.82, 2.24) is 25.1 Å². The third kappa shape index (κ3) is 3.98. The predicted molar refractivity (Wildman–Crippen MR) is 147 cm³/mol. The van der Waals surface area contributed by atoms with Gasteiger partial charge in [0.2, 0.25) is 11.8 Å². The van der Waals surface area contributed by atoms with Gasteiger partial charge in [-0.05, 0) is 87.8 Å². The number of halogens is 1. The van der Waals surface area contributed by atoms with Crippen molar-refractivity contribution in [3.05, 3.63) is 48.0 Å². The molecular weight excluding hydrogens is 507 g/mol. The molecule has 0 atom stereocenters. The van der Waals surface area contributed by atoms with E-state index in [-0.39, 0.29) is 22.2 Å². The Balaban J connectivity index is 1.16. The lowest BCUT2D eigenvalue weighted by Gasteiger charge is -2.65. The second-order valence-electron chi connectivity index (χ2n) is 14.3. The summed E-state index contributed by atoms with van der Waals surface area (Å²) in [6, 6.07) is 3.79. The summed E-state index contributed by atoms with van der Waals surface area (Å²) in [5.41, 5.74) is -0.166. The van der Waals surface area contributed by atoms with Crippen LogP contribution in [0.25, 0.3) is 11.4 Å². The van der Waals surface area contributed by atoms with E-state index in [9.17, 15) is 9.18 Å². The van der Waals surface area contributed by atoms with E-state index < -0.39 is 11.1 Å². The normalized spacial score (nSPS) is 32.3. The first-order valence-corrected chi connectivity index (χ1v) is 14.5. The molecule has 0 saturated heterocycles. The van der Waals surface area contributed by atoms with Gasteiger partial charge in [0.05, 0.1) is 5.41 Å². The molecule has 40 heavy (non-hydrogen) atoms. The van der Waals surface area contributed by atoms with Gasteiger partial charge in [-0.1, -0.05) is 25.9 Å². The lowest BCUT2D eigenvalue weighted by Crippen LogP contribution is -2.71. The van der Waals surface area contributed by atoms with Gasteiger partial charge in [0, 0.05) is 41.5 Å². The number of carbonyl (C=O) groups is 1. The van der Waals surface area contributed by atoms with Gasteiger partial charge in [0.25, 0.3) is 0 Å². The second kappa shape index (κ2) is 8.40. The van der Waals surface area contributed by atoms with Crippen molar-refractivity contribution < 1.29 is 13.7 Å². The molecule has 0 aromatic carbocycles. The fourth-order valence-corrected chi connectivity index (χ4v) is 7.60. The van der Waals surface area contributed by atoms with Crippen LogP contribution in [0.3, 0.4) is 0 Å². The molecule has 1 amide bonds. The van der Waals surface area contributed by atoms with Crippen LogP contribution in [0.2, 0.25) is 0 Å². The van der Waals surface area contributed by atoms with Crippen molar-refractivity contribution in [3.63, 3.8) is 0 Å². The minimum Gasteiger partial charge on any atom is -0.339 e. The minimum absolute atomic E-state index is 0.0109. The van der Waals surface area contributed by atoms with Crippen molar-refractivity contribution in [2.24, 2.45) is 10.8 Å². The maximum absolute atomic E-state index is 14.5. The smallest absolute Gasteiger partial charge is 0.234 e. The highest BCUT2D eigenvalue weighted by atomic mass is 19.1.